The second-order valence-corrected chi connectivity index (χ2v) is 7.21. The van der Waals surface area contributed by atoms with Crippen LogP contribution in [-0.2, 0) is 14.3 Å². The van der Waals surface area contributed by atoms with Crippen molar-refractivity contribution in [2.24, 2.45) is 0 Å². The number of ether oxygens (including phenoxy) is 2. The lowest BCUT2D eigenvalue weighted by Gasteiger charge is -2.39. The summed E-state index contributed by atoms with van der Waals surface area (Å²) in [6.07, 6.45) is 8.69. The van der Waals surface area contributed by atoms with Gasteiger partial charge in [0.1, 0.15) is 6.10 Å². The van der Waals surface area contributed by atoms with Crippen LogP contribution in [0.5, 0.6) is 0 Å². The van der Waals surface area contributed by atoms with Crippen LogP contribution in [0.2, 0.25) is 0 Å². The summed E-state index contributed by atoms with van der Waals surface area (Å²) in [6, 6.07) is 1.35. The Labute approximate surface area is 132 Å². The van der Waals surface area contributed by atoms with Crippen LogP contribution in [0.15, 0.2) is 0 Å². The number of carbonyl (C=O) groups is 1. The highest BCUT2D eigenvalue weighted by Gasteiger charge is 2.44. The van der Waals surface area contributed by atoms with Gasteiger partial charge < -0.3 is 14.4 Å². The van der Waals surface area contributed by atoms with Crippen LogP contribution in [0.25, 0.3) is 0 Å². The first kappa shape index (κ1) is 14.9. The molecule has 4 rings (SSSR count). The predicted molar refractivity (Wildman–Crippen MR) is 82.7 cm³/mol. The molecule has 3 saturated heterocycles. The zero-order chi connectivity index (χ0) is 14.9. The summed E-state index contributed by atoms with van der Waals surface area (Å²) in [6.45, 7) is 3.94. The van der Waals surface area contributed by atoms with Crippen LogP contribution in [0.3, 0.4) is 0 Å². The van der Waals surface area contributed by atoms with E-state index in [1.165, 1.54) is 32.2 Å². The third-order valence-corrected chi connectivity index (χ3v) is 5.98. The van der Waals surface area contributed by atoms with Gasteiger partial charge in [0.2, 0.25) is 0 Å². The van der Waals surface area contributed by atoms with Crippen LogP contribution in [-0.4, -0.2) is 72.8 Å². The SMILES string of the molecule is O=C([C@@H]1CC[C@H]2[C@H](CCN2C2CCCC2)O1)N1CCOCC1. The predicted octanol–water partition coefficient (Wildman–Crippen LogP) is 1.41. The summed E-state index contributed by atoms with van der Waals surface area (Å²) >= 11 is 0. The van der Waals surface area contributed by atoms with Crippen molar-refractivity contribution < 1.29 is 14.3 Å². The molecule has 0 aromatic rings. The molecule has 0 radical (unpaired) electrons. The smallest absolute Gasteiger partial charge is 0.251 e. The zero-order valence-corrected chi connectivity index (χ0v) is 13.4. The van der Waals surface area contributed by atoms with Crippen molar-refractivity contribution in [3.8, 4) is 0 Å². The van der Waals surface area contributed by atoms with Crippen LogP contribution in [0, 0.1) is 0 Å². The zero-order valence-electron chi connectivity index (χ0n) is 13.4. The Morgan fingerprint density at radius 1 is 0.909 bits per heavy atom. The lowest BCUT2D eigenvalue weighted by atomic mass is 9.97. The van der Waals surface area contributed by atoms with E-state index >= 15 is 0 Å². The highest BCUT2D eigenvalue weighted by molar-refractivity contribution is 5.81. The Balaban J connectivity index is 1.35. The molecule has 5 heteroatoms. The molecule has 1 saturated carbocycles. The lowest BCUT2D eigenvalue weighted by Crippen LogP contribution is -2.52. The van der Waals surface area contributed by atoms with Gasteiger partial charge in [-0.2, -0.15) is 0 Å². The summed E-state index contributed by atoms with van der Waals surface area (Å²) in [5.74, 6) is 0.195. The number of amides is 1. The molecule has 0 N–H and O–H groups in total. The van der Waals surface area contributed by atoms with Gasteiger partial charge in [0.05, 0.1) is 19.3 Å². The first-order valence-corrected chi connectivity index (χ1v) is 9.10. The van der Waals surface area contributed by atoms with Gasteiger partial charge >= 0.3 is 0 Å². The van der Waals surface area contributed by atoms with Gasteiger partial charge in [-0.15, -0.1) is 0 Å². The maximum absolute atomic E-state index is 12.6. The maximum atomic E-state index is 12.6. The minimum absolute atomic E-state index is 0.195. The van der Waals surface area contributed by atoms with Gasteiger partial charge in [0.25, 0.3) is 5.91 Å². The Hall–Kier alpha value is -0.650. The van der Waals surface area contributed by atoms with Gasteiger partial charge in [0.15, 0.2) is 0 Å². The Kier molecular flexibility index (Phi) is 4.38. The maximum Gasteiger partial charge on any atom is 0.251 e. The third kappa shape index (κ3) is 2.79. The molecule has 0 bridgehead atoms. The van der Waals surface area contributed by atoms with Gasteiger partial charge in [-0.05, 0) is 32.1 Å². The topological polar surface area (TPSA) is 42.0 Å². The minimum atomic E-state index is -0.206. The molecule has 0 unspecified atom stereocenters. The summed E-state index contributed by atoms with van der Waals surface area (Å²) in [5.41, 5.74) is 0. The fraction of sp³-hybridized carbons (Fsp3) is 0.941. The van der Waals surface area contributed by atoms with E-state index in [1.54, 1.807) is 0 Å². The van der Waals surface area contributed by atoms with Crippen molar-refractivity contribution in [2.75, 3.05) is 32.8 Å². The molecule has 1 aliphatic carbocycles. The molecule has 22 heavy (non-hydrogen) atoms. The Morgan fingerprint density at radius 2 is 1.68 bits per heavy atom. The normalized spacial score (nSPS) is 37.5. The monoisotopic (exact) mass is 308 g/mol. The summed E-state index contributed by atoms with van der Waals surface area (Å²) < 4.78 is 11.6. The highest BCUT2D eigenvalue weighted by Crippen LogP contribution is 2.37. The van der Waals surface area contributed by atoms with Crippen molar-refractivity contribution in [3.63, 3.8) is 0 Å². The second-order valence-electron chi connectivity index (χ2n) is 7.21. The highest BCUT2D eigenvalue weighted by atomic mass is 16.5. The average Bonchev–Trinajstić information content (AvgIpc) is 3.23. The van der Waals surface area contributed by atoms with E-state index in [1.807, 2.05) is 4.90 Å². The van der Waals surface area contributed by atoms with Crippen LogP contribution in [0.1, 0.15) is 44.9 Å². The van der Waals surface area contributed by atoms with Gasteiger partial charge in [-0.25, -0.2) is 0 Å². The number of nitrogens with zero attached hydrogens (tertiary/aromatic N) is 2. The molecule has 1 amide bonds. The number of fused-ring (bicyclic) bond motifs is 1. The molecule has 3 aliphatic heterocycles. The average molecular weight is 308 g/mol. The summed E-state index contributed by atoms with van der Waals surface area (Å²) in [4.78, 5) is 17.2. The number of likely N-dealkylation sites (tertiary alicyclic amines) is 1. The van der Waals surface area contributed by atoms with Crippen molar-refractivity contribution >= 4 is 5.91 Å². The molecule has 4 aliphatic rings. The van der Waals surface area contributed by atoms with Crippen LogP contribution >= 0.6 is 0 Å². The standard InChI is InChI=1S/C17H28N2O3/c20-17(18-9-11-21-12-10-18)16-6-5-14-15(22-16)7-8-19(14)13-3-1-2-4-13/h13-16H,1-12H2/t14-,15-,16-/m0/s1. The van der Waals surface area contributed by atoms with Gasteiger partial charge in [-0.1, -0.05) is 12.8 Å². The van der Waals surface area contributed by atoms with E-state index in [-0.39, 0.29) is 18.1 Å². The Morgan fingerprint density at radius 3 is 2.45 bits per heavy atom. The number of hydrogen-bond donors (Lipinski definition) is 0. The first-order valence-electron chi connectivity index (χ1n) is 9.10. The van der Waals surface area contributed by atoms with Crippen LogP contribution in [0.4, 0.5) is 0 Å². The van der Waals surface area contributed by atoms with Crippen LogP contribution < -0.4 is 0 Å². The van der Waals surface area contributed by atoms with Crippen molar-refractivity contribution in [3.05, 3.63) is 0 Å². The molecule has 0 aromatic carbocycles. The molecule has 3 heterocycles. The fourth-order valence-corrected chi connectivity index (χ4v) is 4.82. The number of hydrogen-bond acceptors (Lipinski definition) is 4. The van der Waals surface area contributed by atoms with E-state index in [4.69, 9.17) is 9.47 Å². The largest absolute Gasteiger partial charge is 0.378 e. The Bertz CT molecular complexity index is 405. The first-order chi connectivity index (χ1) is 10.8. The summed E-state index contributed by atoms with van der Waals surface area (Å²) in [7, 11) is 0. The molecule has 124 valence electrons. The van der Waals surface area contributed by atoms with Gasteiger partial charge in [0, 0.05) is 31.7 Å². The molecule has 0 aromatic heterocycles. The van der Waals surface area contributed by atoms with Crippen molar-refractivity contribution in [1.29, 1.82) is 0 Å². The van der Waals surface area contributed by atoms with E-state index in [0.29, 0.717) is 19.3 Å². The van der Waals surface area contributed by atoms with E-state index in [0.717, 1.165) is 38.4 Å². The summed E-state index contributed by atoms with van der Waals surface area (Å²) in [5, 5.41) is 0. The molecular formula is C17H28N2O3. The second kappa shape index (κ2) is 6.46. The molecule has 0 spiro atoms. The van der Waals surface area contributed by atoms with E-state index < -0.39 is 0 Å². The van der Waals surface area contributed by atoms with Crippen molar-refractivity contribution in [2.45, 2.75) is 69.2 Å². The number of morpholine rings is 1. The minimum Gasteiger partial charge on any atom is -0.378 e. The quantitative estimate of drug-likeness (QED) is 0.773. The number of rotatable bonds is 2. The molecule has 4 fully saturated rings. The fourth-order valence-electron chi connectivity index (χ4n) is 4.82. The molecule has 5 nitrogen and oxygen atoms in total. The van der Waals surface area contributed by atoms with E-state index in [9.17, 15) is 4.79 Å². The lowest BCUT2D eigenvalue weighted by molar-refractivity contribution is -0.158. The number of carbonyl (C=O) groups excluding carboxylic acids is 1. The van der Waals surface area contributed by atoms with Crippen molar-refractivity contribution in [1.82, 2.24) is 9.80 Å². The third-order valence-electron chi connectivity index (χ3n) is 5.98. The molecule has 3 atom stereocenters. The van der Waals surface area contributed by atoms with E-state index in [2.05, 4.69) is 4.90 Å². The van der Waals surface area contributed by atoms with Gasteiger partial charge in [-0.3, -0.25) is 9.69 Å². The molecular weight excluding hydrogens is 280 g/mol.